The van der Waals surface area contributed by atoms with Crippen LogP contribution in [-0.2, 0) is 4.74 Å². The van der Waals surface area contributed by atoms with Crippen molar-refractivity contribution in [3.05, 3.63) is 0 Å². The van der Waals surface area contributed by atoms with Gasteiger partial charge in [-0.25, -0.2) is 0 Å². The molecule has 0 aromatic carbocycles. The van der Waals surface area contributed by atoms with Gasteiger partial charge in [0.1, 0.15) is 0 Å². The molecule has 1 aliphatic carbocycles. The van der Waals surface area contributed by atoms with E-state index in [1.807, 2.05) is 11.8 Å². The van der Waals surface area contributed by atoms with E-state index >= 15 is 0 Å². The molecule has 1 aliphatic heterocycles. The molecular formula is C13H22N4OS. The lowest BCUT2D eigenvalue weighted by Gasteiger charge is -2.17. The Balaban J connectivity index is 1.69. The molecule has 0 N–H and O–H groups in total. The van der Waals surface area contributed by atoms with Crippen LogP contribution in [0.15, 0.2) is 5.16 Å². The van der Waals surface area contributed by atoms with Crippen LogP contribution in [0.2, 0.25) is 0 Å². The maximum absolute atomic E-state index is 5.09. The van der Waals surface area contributed by atoms with E-state index in [0.717, 1.165) is 43.0 Å². The summed E-state index contributed by atoms with van der Waals surface area (Å²) in [5.74, 6) is 2.16. The van der Waals surface area contributed by atoms with Crippen molar-refractivity contribution >= 4 is 17.7 Å². The molecule has 0 bridgehead atoms. The molecule has 0 spiro atoms. The van der Waals surface area contributed by atoms with Gasteiger partial charge >= 0.3 is 0 Å². The van der Waals surface area contributed by atoms with Crippen LogP contribution in [0, 0.1) is 0 Å². The highest BCUT2D eigenvalue weighted by Gasteiger charge is 2.32. The highest BCUT2D eigenvalue weighted by Crippen LogP contribution is 2.41. The normalized spacial score (nSPS) is 19.3. The number of thioether (sulfide) groups is 1. The van der Waals surface area contributed by atoms with Gasteiger partial charge in [-0.1, -0.05) is 11.8 Å². The molecule has 3 rings (SSSR count). The van der Waals surface area contributed by atoms with Gasteiger partial charge in [0.2, 0.25) is 5.95 Å². The Morgan fingerprint density at radius 1 is 1.26 bits per heavy atom. The molecule has 106 valence electrons. The predicted molar refractivity (Wildman–Crippen MR) is 77.0 cm³/mol. The van der Waals surface area contributed by atoms with Crippen molar-refractivity contribution in [2.75, 3.05) is 37.5 Å². The largest absolute Gasteiger partial charge is 0.385 e. The summed E-state index contributed by atoms with van der Waals surface area (Å²) >= 11 is 1.82. The number of ether oxygens (including phenoxy) is 1. The van der Waals surface area contributed by atoms with Crippen LogP contribution < -0.4 is 4.90 Å². The summed E-state index contributed by atoms with van der Waals surface area (Å²) in [6.07, 6.45) is 6.20. The first-order chi connectivity index (χ1) is 9.40. The molecule has 1 saturated carbocycles. The number of aromatic nitrogens is 3. The molecule has 1 aromatic heterocycles. The Labute approximate surface area is 118 Å². The summed E-state index contributed by atoms with van der Waals surface area (Å²) in [7, 11) is 1.75. The first-order valence-electron chi connectivity index (χ1n) is 7.21. The molecule has 0 radical (unpaired) electrons. The van der Waals surface area contributed by atoms with E-state index in [4.69, 9.17) is 4.74 Å². The second-order valence-corrected chi connectivity index (χ2v) is 6.33. The van der Waals surface area contributed by atoms with Gasteiger partial charge in [-0.3, -0.25) is 4.57 Å². The third-order valence-electron chi connectivity index (χ3n) is 3.67. The lowest BCUT2D eigenvalue weighted by Crippen LogP contribution is -2.22. The Morgan fingerprint density at radius 3 is 2.74 bits per heavy atom. The van der Waals surface area contributed by atoms with Crippen LogP contribution in [0.3, 0.4) is 0 Å². The second-order valence-electron chi connectivity index (χ2n) is 5.27. The van der Waals surface area contributed by atoms with E-state index in [2.05, 4.69) is 19.7 Å². The second kappa shape index (κ2) is 6.13. The molecule has 19 heavy (non-hydrogen) atoms. The van der Waals surface area contributed by atoms with Gasteiger partial charge in [0.15, 0.2) is 5.16 Å². The van der Waals surface area contributed by atoms with Gasteiger partial charge in [0.05, 0.1) is 0 Å². The molecule has 6 heteroatoms. The van der Waals surface area contributed by atoms with E-state index in [1.165, 1.54) is 25.7 Å². The van der Waals surface area contributed by atoms with Crippen LogP contribution in [0.4, 0.5) is 5.95 Å². The van der Waals surface area contributed by atoms with Crippen molar-refractivity contribution in [2.24, 2.45) is 0 Å². The van der Waals surface area contributed by atoms with Crippen molar-refractivity contribution < 1.29 is 4.74 Å². The van der Waals surface area contributed by atoms with Crippen LogP contribution in [-0.4, -0.2) is 47.3 Å². The number of rotatable bonds is 7. The summed E-state index contributed by atoms with van der Waals surface area (Å²) in [4.78, 5) is 2.39. The Kier molecular flexibility index (Phi) is 4.28. The molecule has 2 fully saturated rings. The first-order valence-corrected chi connectivity index (χ1v) is 8.20. The van der Waals surface area contributed by atoms with E-state index in [0.29, 0.717) is 6.04 Å². The van der Waals surface area contributed by atoms with Gasteiger partial charge < -0.3 is 9.64 Å². The molecule has 5 nitrogen and oxygen atoms in total. The van der Waals surface area contributed by atoms with Gasteiger partial charge in [0, 0.05) is 38.6 Å². The lowest BCUT2D eigenvalue weighted by molar-refractivity contribution is 0.200. The van der Waals surface area contributed by atoms with Gasteiger partial charge in [-0.15, -0.1) is 10.2 Å². The maximum atomic E-state index is 5.09. The smallest absolute Gasteiger partial charge is 0.228 e. The quantitative estimate of drug-likeness (QED) is 0.567. The Bertz CT molecular complexity index is 413. The SMILES string of the molecule is COCCCSc1nnc(N2CCCC2)n1C1CC1. The molecule has 2 aliphatic rings. The zero-order valence-electron chi connectivity index (χ0n) is 11.5. The fraction of sp³-hybridized carbons (Fsp3) is 0.846. The van der Waals surface area contributed by atoms with Crippen molar-refractivity contribution in [3.63, 3.8) is 0 Å². The van der Waals surface area contributed by atoms with E-state index in [1.54, 1.807) is 7.11 Å². The fourth-order valence-electron chi connectivity index (χ4n) is 2.52. The van der Waals surface area contributed by atoms with Crippen LogP contribution in [0.25, 0.3) is 0 Å². The summed E-state index contributed by atoms with van der Waals surface area (Å²) < 4.78 is 7.47. The average molecular weight is 282 g/mol. The third-order valence-corrected chi connectivity index (χ3v) is 4.70. The van der Waals surface area contributed by atoms with Crippen LogP contribution in [0.1, 0.15) is 38.1 Å². The summed E-state index contributed by atoms with van der Waals surface area (Å²) in [5.41, 5.74) is 0. The number of hydrogen-bond donors (Lipinski definition) is 0. The van der Waals surface area contributed by atoms with E-state index in [9.17, 15) is 0 Å². The Hall–Kier alpha value is -0.750. The van der Waals surface area contributed by atoms with Crippen molar-refractivity contribution in [1.29, 1.82) is 0 Å². The van der Waals surface area contributed by atoms with Crippen molar-refractivity contribution in [2.45, 2.75) is 43.3 Å². The highest BCUT2D eigenvalue weighted by atomic mass is 32.2. The minimum Gasteiger partial charge on any atom is -0.385 e. The zero-order valence-corrected chi connectivity index (χ0v) is 12.4. The third kappa shape index (κ3) is 3.05. The van der Waals surface area contributed by atoms with Crippen LogP contribution in [0.5, 0.6) is 0 Å². The van der Waals surface area contributed by atoms with Crippen molar-refractivity contribution in [1.82, 2.24) is 14.8 Å². The molecule has 1 saturated heterocycles. The van der Waals surface area contributed by atoms with E-state index in [-0.39, 0.29) is 0 Å². The number of anilines is 1. The number of hydrogen-bond acceptors (Lipinski definition) is 5. The van der Waals surface area contributed by atoms with Crippen molar-refractivity contribution in [3.8, 4) is 0 Å². The van der Waals surface area contributed by atoms with Gasteiger partial charge in [-0.05, 0) is 32.1 Å². The number of methoxy groups -OCH3 is 1. The predicted octanol–water partition coefficient (Wildman–Crippen LogP) is 2.34. The fourth-order valence-corrected chi connectivity index (χ4v) is 3.43. The lowest BCUT2D eigenvalue weighted by atomic mass is 10.4. The molecule has 2 heterocycles. The highest BCUT2D eigenvalue weighted by molar-refractivity contribution is 7.99. The molecular weight excluding hydrogens is 260 g/mol. The standard InChI is InChI=1S/C13H22N4OS/c1-18-9-4-10-19-13-15-14-12(16-7-2-3-8-16)17(13)11-5-6-11/h11H,2-10H2,1H3. The zero-order chi connectivity index (χ0) is 13.1. The Morgan fingerprint density at radius 2 is 2.05 bits per heavy atom. The average Bonchev–Trinajstić information content (AvgIpc) is 2.96. The molecule has 0 amide bonds. The monoisotopic (exact) mass is 282 g/mol. The molecule has 0 atom stereocenters. The minimum absolute atomic E-state index is 0.649. The van der Waals surface area contributed by atoms with Crippen LogP contribution >= 0.6 is 11.8 Å². The van der Waals surface area contributed by atoms with Gasteiger partial charge in [0.25, 0.3) is 0 Å². The summed E-state index contributed by atoms with van der Waals surface area (Å²) in [6, 6.07) is 0.649. The maximum Gasteiger partial charge on any atom is 0.228 e. The topological polar surface area (TPSA) is 43.2 Å². The minimum atomic E-state index is 0.649. The molecule has 0 unspecified atom stereocenters. The summed E-state index contributed by atoms with van der Waals surface area (Å²) in [5, 5.41) is 9.96. The summed E-state index contributed by atoms with van der Waals surface area (Å²) in [6.45, 7) is 3.10. The number of nitrogens with zero attached hydrogens (tertiary/aromatic N) is 4. The first kappa shape index (κ1) is 13.2. The van der Waals surface area contributed by atoms with E-state index < -0.39 is 0 Å². The van der Waals surface area contributed by atoms with Gasteiger partial charge in [-0.2, -0.15) is 0 Å². The molecule has 1 aromatic rings.